The highest BCUT2D eigenvalue weighted by Crippen LogP contribution is 2.36. The molecular formula is C12H21ClO10. The fraction of sp³-hybridized carbons (Fsp3) is 1.00. The van der Waals surface area contributed by atoms with Crippen LogP contribution in [-0.4, -0.2) is 110 Å². The van der Waals surface area contributed by atoms with Crippen molar-refractivity contribution in [1.82, 2.24) is 0 Å². The van der Waals surface area contributed by atoms with Gasteiger partial charge in [0.2, 0.25) is 5.79 Å². The lowest BCUT2D eigenvalue weighted by Gasteiger charge is -2.43. The van der Waals surface area contributed by atoms with E-state index in [1.54, 1.807) is 0 Å². The Hall–Kier alpha value is -0.110. The summed E-state index contributed by atoms with van der Waals surface area (Å²) in [6.07, 6.45) is -12.1. The average Bonchev–Trinajstić information content (AvgIpc) is 2.80. The molecule has 11 heteroatoms. The second-order valence-electron chi connectivity index (χ2n) is 5.53. The third kappa shape index (κ3) is 3.34. The summed E-state index contributed by atoms with van der Waals surface area (Å²) in [5.41, 5.74) is 0. The van der Waals surface area contributed by atoms with Gasteiger partial charge in [0.25, 0.3) is 0 Å². The first-order chi connectivity index (χ1) is 10.8. The van der Waals surface area contributed by atoms with Crippen molar-refractivity contribution < 1.29 is 50.0 Å². The van der Waals surface area contributed by atoms with Gasteiger partial charge in [-0.05, 0) is 0 Å². The Morgan fingerprint density at radius 2 is 1.57 bits per heavy atom. The quantitative estimate of drug-likeness (QED) is 0.239. The largest absolute Gasteiger partial charge is 0.394 e. The number of aliphatic hydroxyl groups excluding tert-OH is 7. The van der Waals surface area contributed by atoms with Gasteiger partial charge in [0.15, 0.2) is 6.29 Å². The van der Waals surface area contributed by atoms with Gasteiger partial charge in [-0.2, -0.15) is 0 Å². The highest BCUT2D eigenvalue weighted by atomic mass is 35.5. The van der Waals surface area contributed by atoms with Crippen LogP contribution in [0.3, 0.4) is 0 Å². The van der Waals surface area contributed by atoms with Gasteiger partial charge < -0.3 is 50.0 Å². The molecule has 2 aliphatic rings. The van der Waals surface area contributed by atoms with E-state index in [0.717, 1.165) is 0 Å². The lowest BCUT2D eigenvalue weighted by atomic mass is 9.99. The van der Waals surface area contributed by atoms with Crippen LogP contribution >= 0.6 is 11.6 Å². The van der Waals surface area contributed by atoms with Gasteiger partial charge >= 0.3 is 0 Å². The Bertz CT molecular complexity index is 398. The summed E-state index contributed by atoms with van der Waals surface area (Å²) in [7, 11) is 0. The van der Waals surface area contributed by atoms with Gasteiger partial charge in [-0.3, -0.25) is 0 Å². The molecule has 0 unspecified atom stereocenters. The summed E-state index contributed by atoms with van der Waals surface area (Å²) in [5.74, 6) is -2.34. The second-order valence-corrected chi connectivity index (χ2v) is 5.84. The number of alkyl halides is 1. The van der Waals surface area contributed by atoms with E-state index in [2.05, 4.69) is 0 Å². The minimum Gasteiger partial charge on any atom is -0.394 e. The maximum Gasteiger partial charge on any atom is 0.224 e. The molecule has 23 heavy (non-hydrogen) atoms. The molecule has 9 atom stereocenters. The molecule has 0 aromatic heterocycles. The Morgan fingerprint density at radius 3 is 2.04 bits per heavy atom. The van der Waals surface area contributed by atoms with E-state index < -0.39 is 68.0 Å². The first-order valence-corrected chi connectivity index (χ1v) is 7.54. The predicted molar refractivity (Wildman–Crippen MR) is 72.3 cm³/mol. The lowest BCUT2D eigenvalue weighted by molar-refractivity contribution is -0.382. The molecule has 0 radical (unpaired) electrons. The molecule has 2 fully saturated rings. The smallest absolute Gasteiger partial charge is 0.224 e. The van der Waals surface area contributed by atoms with Crippen molar-refractivity contribution in [3.63, 3.8) is 0 Å². The molecule has 0 aromatic rings. The van der Waals surface area contributed by atoms with Crippen LogP contribution in [0.15, 0.2) is 0 Å². The lowest BCUT2D eigenvalue weighted by Crippen LogP contribution is -2.62. The summed E-state index contributed by atoms with van der Waals surface area (Å²) in [4.78, 5) is 0. The molecule has 0 amide bonds. The molecule has 0 bridgehead atoms. The van der Waals surface area contributed by atoms with Gasteiger partial charge in [0.05, 0.1) is 12.5 Å². The van der Waals surface area contributed by atoms with Crippen LogP contribution in [0.25, 0.3) is 0 Å². The van der Waals surface area contributed by atoms with Crippen LogP contribution in [0, 0.1) is 0 Å². The van der Waals surface area contributed by atoms with Gasteiger partial charge in [-0.15, -0.1) is 11.6 Å². The Morgan fingerprint density at radius 1 is 0.913 bits per heavy atom. The minimum absolute atomic E-state index is 0.196. The number of halogens is 1. The zero-order valence-corrected chi connectivity index (χ0v) is 12.7. The third-order valence-corrected chi connectivity index (χ3v) is 4.35. The van der Waals surface area contributed by atoms with Crippen LogP contribution in [0.5, 0.6) is 0 Å². The Kier molecular flexibility index (Phi) is 6.20. The van der Waals surface area contributed by atoms with E-state index in [0.29, 0.717) is 0 Å². The van der Waals surface area contributed by atoms with Crippen molar-refractivity contribution in [2.24, 2.45) is 0 Å². The first-order valence-electron chi connectivity index (χ1n) is 7.00. The molecule has 2 saturated heterocycles. The molecule has 0 spiro atoms. The van der Waals surface area contributed by atoms with Gasteiger partial charge in [0.1, 0.15) is 49.3 Å². The monoisotopic (exact) mass is 360 g/mol. The van der Waals surface area contributed by atoms with Crippen LogP contribution in [-0.2, 0) is 14.2 Å². The summed E-state index contributed by atoms with van der Waals surface area (Å²) in [6.45, 7) is -1.58. The van der Waals surface area contributed by atoms with Crippen molar-refractivity contribution in [1.29, 1.82) is 0 Å². The fourth-order valence-corrected chi connectivity index (χ4v) is 2.85. The molecule has 2 heterocycles. The van der Waals surface area contributed by atoms with E-state index in [-0.39, 0.29) is 5.88 Å². The number of aliphatic hydroxyl groups is 7. The van der Waals surface area contributed by atoms with Crippen LogP contribution in [0.4, 0.5) is 0 Å². The second kappa shape index (κ2) is 7.42. The van der Waals surface area contributed by atoms with Gasteiger partial charge in [-0.1, -0.05) is 0 Å². The average molecular weight is 361 g/mol. The zero-order valence-electron chi connectivity index (χ0n) is 12.0. The molecule has 0 saturated carbocycles. The van der Waals surface area contributed by atoms with Gasteiger partial charge in [-0.25, -0.2) is 0 Å². The van der Waals surface area contributed by atoms with E-state index >= 15 is 0 Å². The van der Waals surface area contributed by atoms with Crippen molar-refractivity contribution in [3.8, 4) is 0 Å². The maximum atomic E-state index is 10.1. The maximum absolute atomic E-state index is 10.1. The molecular weight excluding hydrogens is 340 g/mol. The van der Waals surface area contributed by atoms with Crippen LogP contribution < -0.4 is 0 Å². The van der Waals surface area contributed by atoms with E-state index in [9.17, 15) is 30.6 Å². The summed E-state index contributed by atoms with van der Waals surface area (Å²) in [6, 6.07) is 0. The fourth-order valence-electron chi connectivity index (χ4n) is 2.61. The van der Waals surface area contributed by atoms with E-state index in [4.69, 9.17) is 30.9 Å². The van der Waals surface area contributed by atoms with E-state index in [1.807, 2.05) is 0 Å². The van der Waals surface area contributed by atoms with Crippen molar-refractivity contribution in [2.45, 2.75) is 54.8 Å². The van der Waals surface area contributed by atoms with Gasteiger partial charge in [0, 0.05) is 0 Å². The highest BCUT2D eigenvalue weighted by Gasteiger charge is 2.58. The van der Waals surface area contributed by atoms with Crippen molar-refractivity contribution >= 4 is 11.6 Å². The van der Waals surface area contributed by atoms with E-state index in [1.165, 1.54) is 0 Å². The number of hydrogen-bond donors (Lipinski definition) is 7. The van der Waals surface area contributed by atoms with Crippen LogP contribution in [0.1, 0.15) is 0 Å². The first kappa shape index (κ1) is 19.2. The summed E-state index contributed by atoms with van der Waals surface area (Å²) >= 11 is 5.59. The topological polar surface area (TPSA) is 169 Å². The number of ether oxygens (including phenoxy) is 3. The van der Waals surface area contributed by atoms with Crippen molar-refractivity contribution in [3.05, 3.63) is 0 Å². The Labute approximate surface area is 136 Å². The molecule has 0 aliphatic carbocycles. The minimum atomic E-state index is -2.15. The zero-order chi connectivity index (χ0) is 17.4. The number of rotatable bonds is 5. The predicted octanol–water partition coefficient (Wildman–Crippen LogP) is -4.15. The molecule has 2 aliphatic heterocycles. The normalized spacial score (nSPS) is 51.1. The molecule has 0 aromatic carbocycles. The van der Waals surface area contributed by atoms with Crippen molar-refractivity contribution in [2.75, 3.05) is 19.1 Å². The highest BCUT2D eigenvalue weighted by molar-refractivity contribution is 6.18. The summed E-state index contributed by atoms with van der Waals surface area (Å²) < 4.78 is 15.6. The summed E-state index contributed by atoms with van der Waals surface area (Å²) in [5, 5.41) is 67.8. The van der Waals surface area contributed by atoms with Crippen LogP contribution in [0.2, 0.25) is 0 Å². The standard InChI is InChI=1S/C12H21ClO10/c13-1-4-7(17)10(20)12(3-15,22-4)23-11-9(19)8(18)6(16)5(2-14)21-11/h4-11,14-20H,1-3H2/t4-,5-,6+,7-,8+,9-,10+,11+,12-/m1/s1. The number of hydrogen-bond acceptors (Lipinski definition) is 10. The molecule has 136 valence electrons. The molecule has 2 rings (SSSR count). The Balaban J connectivity index is 2.18. The molecule has 10 nitrogen and oxygen atoms in total. The molecule has 7 N–H and O–H groups in total. The SMILES string of the molecule is OC[C@H]1O[C@@H](O[C@@]2(CO)O[C@H](CCl)[C@@H](O)[C@@H]2O)[C@H](O)[C@@H](O)[C@H]1O. The third-order valence-electron chi connectivity index (χ3n) is 4.04.